The van der Waals surface area contributed by atoms with Crippen LogP contribution in [-0.4, -0.2) is 24.8 Å². The zero-order valence-corrected chi connectivity index (χ0v) is 11.0. The molecule has 86 valence electrons. The van der Waals surface area contributed by atoms with Crippen LogP contribution in [-0.2, 0) is 0 Å². The van der Waals surface area contributed by atoms with E-state index in [1.54, 1.807) is 11.3 Å². The van der Waals surface area contributed by atoms with E-state index in [0.29, 0.717) is 6.54 Å². The summed E-state index contributed by atoms with van der Waals surface area (Å²) >= 11 is 5.15. The van der Waals surface area contributed by atoms with Gasteiger partial charge in [0.15, 0.2) is 0 Å². The summed E-state index contributed by atoms with van der Waals surface area (Å²) in [5, 5.41) is 12.0. The van der Waals surface area contributed by atoms with E-state index in [2.05, 4.69) is 27.3 Å². The van der Waals surface area contributed by atoms with Crippen LogP contribution in [0.3, 0.4) is 0 Å². The second-order valence-electron chi connectivity index (χ2n) is 3.32. The molecule has 0 radical (unpaired) electrons. The minimum absolute atomic E-state index is 0.236. The Kier molecular flexibility index (Phi) is 6.43. The number of aliphatic hydroxyl groups excluding tert-OH is 1. The molecule has 4 N–H and O–H groups in total. The summed E-state index contributed by atoms with van der Waals surface area (Å²) in [6.45, 7) is 1.77. The molecular weight excluding hydrogens is 276 g/mol. The number of rotatable bonds is 7. The highest BCUT2D eigenvalue weighted by atomic mass is 79.9. The summed E-state index contributed by atoms with van der Waals surface area (Å²) in [5.41, 5.74) is 5.71. The van der Waals surface area contributed by atoms with Crippen LogP contribution in [0.1, 0.15) is 23.8 Å². The fourth-order valence-electron chi connectivity index (χ4n) is 1.33. The quantitative estimate of drug-likeness (QED) is 0.673. The van der Waals surface area contributed by atoms with Crippen molar-refractivity contribution >= 4 is 27.3 Å². The first-order chi connectivity index (χ1) is 7.27. The first-order valence-electron chi connectivity index (χ1n) is 5.07. The maximum Gasteiger partial charge on any atom is 0.0702 e. The summed E-state index contributed by atoms with van der Waals surface area (Å²) in [6.07, 6.45) is 1.83. The van der Waals surface area contributed by atoms with Gasteiger partial charge in [0.05, 0.1) is 9.83 Å². The molecule has 1 aromatic rings. The molecule has 1 atom stereocenters. The molecule has 0 amide bonds. The Labute approximate surface area is 103 Å². The van der Waals surface area contributed by atoms with Crippen molar-refractivity contribution in [2.75, 3.05) is 19.7 Å². The van der Waals surface area contributed by atoms with Crippen LogP contribution in [0.5, 0.6) is 0 Å². The van der Waals surface area contributed by atoms with Crippen LogP contribution in [0, 0.1) is 0 Å². The smallest absolute Gasteiger partial charge is 0.0702 e. The van der Waals surface area contributed by atoms with Crippen molar-refractivity contribution in [1.82, 2.24) is 5.32 Å². The second-order valence-corrected chi connectivity index (χ2v) is 5.81. The molecule has 0 aromatic carbocycles. The predicted octanol–water partition coefficient (Wildman–Crippen LogP) is 1.87. The first kappa shape index (κ1) is 13.1. The summed E-state index contributed by atoms with van der Waals surface area (Å²) in [4.78, 5) is 1.26. The molecule has 0 spiro atoms. The van der Waals surface area contributed by atoms with E-state index in [9.17, 15) is 0 Å². The lowest BCUT2D eigenvalue weighted by molar-refractivity contribution is 0.282. The summed E-state index contributed by atoms with van der Waals surface area (Å²) in [7, 11) is 0. The van der Waals surface area contributed by atoms with Crippen LogP contribution in [0.4, 0.5) is 0 Å². The van der Waals surface area contributed by atoms with Crippen molar-refractivity contribution in [3.8, 4) is 0 Å². The van der Waals surface area contributed by atoms with Gasteiger partial charge in [0.1, 0.15) is 0 Å². The first-order valence-corrected chi connectivity index (χ1v) is 6.68. The molecule has 1 heterocycles. The third-order valence-corrected chi connectivity index (χ3v) is 3.89. The van der Waals surface area contributed by atoms with Gasteiger partial charge in [0, 0.05) is 18.0 Å². The number of nitrogens with two attached hydrogens (primary N) is 1. The summed E-state index contributed by atoms with van der Waals surface area (Å²) < 4.78 is 1.13. The van der Waals surface area contributed by atoms with Crippen molar-refractivity contribution in [2.45, 2.75) is 18.9 Å². The van der Waals surface area contributed by atoms with Gasteiger partial charge >= 0.3 is 0 Å². The monoisotopic (exact) mass is 292 g/mol. The van der Waals surface area contributed by atoms with Crippen molar-refractivity contribution < 1.29 is 5.11 Å². The SMILES string of the molecule is NCC(NCCCCO)c1ccc(Br)s1. The third-order valence-electron chi connectivity index (χ3n) is 2.15. The summed E-state index contributed by atoms with van der Waals surface area (Å²) in [6, 6.07) is 4.36. The highest BCUT2D eigenvalue weighted by Crippen LogP contribution is 2.26. The lowest BCUT2D eigenvalue weighted by Gasteiger charge is -2.14. The molecule has 1 unspecified atom stereocenters. The maximum absolute atomic E-state index is 8.65. The van der Waals surface area contributed by atoms with Gasteiger partial charge in [-0.1, -0.05) is 0 Å². The topological polar surface area (TPSA) is 58.3 Å². The van der Waals surface area contributed by atoms with Gasteiger partial charge in [0.25, 0.3) is 0 Å². The molecule has 1 rings (SSSR count). The van der Waals surface area contributed by atoms with Crippen LogP contribution >= 0.6 is 27.3 Å². The Morgan fingerprint density at radius 3 is 2.80 bits per heavy atom. The minimum atomic E-state index is 0.236. The number of nitrogens with one attached hydrogen (secondary N) is 1. The van der Waals surface area contributed by atoms with Crippen LogP contribution < -0.4 is 11.1 Å². The van der Waals surface area contributed by atoms with E-state index in [1.165, 1.54) is 4.88 Å². The molecule has 0 aliphatic carbocycles. The van der Waals surface area contributed by atoms with E-state index < -0.39 is 0 Å². The molecule has 0 saturated carbocycles. The van der Waals surface area contributed by atoms with Crippen LogP contribution in [0.2, 0.25) is 0 Å². The molecule has 5 heteroatoms. The minimum Gasteiger partial charge on any atom is -0.396 e. The fraction of sp³-hybridized carbons (Fsp3) is 0.600. The number of unbranched alkanes of at least 4 members (excludes halogenated alkanes) is 1. The van der Waals surface area contributed by atoms with E-state index in [1.807, 2.05) is 6.07 Å². The van der Waals surface area contributed by atoms with Gasteiger partial charge in [-0.05, 0) is 47.4 Å². The lowest BCUT2D eigenvalue weighted by Crippen LogP contribution is -2.28. The van der Waals surface area contributed by atoms with E-state index in [-0.39, 0.29) is 12.6 Å². The van der Waals surface area contributed by atoms with Crippen LogP contribution in [0.15, 0.2) is 15.9 Å². The molecule has 0 aliphatic heterocycles. The molecule has 0 bridgehead atoms. The molecule has 3 nitrogen and oxygen atoms in total. The predicted molar refractivity (Wildman–Crippen MR) is 68.1 cm³/mol. The number of hydrogen-bond acceptors (Lipinski definition) is 4. The van der Waals surface area contributed by atoms with Crippen molar-refractivity contribution in [3.63, 3.8) is 0 Å². The molecule has 0 saturated heterocycles. The zero-order valence-electron chi connectivity index (χ0n) is 8.58. The van der Waals surface area contributed by atoms with Crippen molar-refractivity contribution in [2.24, 2.45) is 5.73 Å². The molecule has 0 aliphatic rings. The molecule has 1 aromatic heterocycles. The Bertz CT molecular complexity index is 280. The van der Waals surface area contributed by atoms with Gasteiger partial charge in [-0.3, -0.25) is 0 Å². The van der Waals surface area contributed by atoms with Gasteiger partial charge < -0.3 is 16.2 Å². The van der Waals surface area contributed by atoms with Crippen molar-refractivity contribution in [1.29, 1.82) is 0 Å². The fourth-order valence-corrected chi connectivity index (χ4v) is 2.84. The number of thiophene rings is 1. The molecule has 15 heavy (non-hydrogen) atoms. The van der Waals surface area contributed by atoms with E-state index >= 15 is 0 Å². The zero-order chi connectivity index (χ0) is 11.1. The second kappa shape index (κ2) is 7.35. The Morgan fingerprint density at radius 2 is 2.27 bits per heavy atom. The summed E-state index contributed by atoms with van der Waals surface area (Å²) in [5.74, 6) is 0. The number of aliphatic hydroxyl groups is 1. The highest BCUT2D eigenvalue weighted by Gasteiger charge is 2.10. The highest BCUT2D eigenvalue weighted by molar-refractivity contribution is 9.11. The van der Waals surface area contributed by atoms with Crippen LogP contribution in [0.25, 0.3) is 0 Å². The number of hydrogen-bond donors (Lipinski definition) is 3. The molecular formula is C10H17BrN2OS. The number of halogens is 1. The lowest BCUT2D eigenvalue weighted by atomic mass is 10.2. The van der Waals surface area contributed by atoms with Crippen molar-refractivity contribution in [3.05, 3.63) is 20.8 Å². The largest absolute Gasteiger partial charge is 0.396 e. The maximum atomic E-state index is 8.65. The van der Waals surface area contributed by atoms with E-state index in [4.69, 9.17) is 10.8 Å². The average molecular weight is 293 g/mol. The Hall–Kier alpha value is 0.0600. The molecule has 0 fully saturated rings. The van der Waals surface area contributed by atoms with Gasteiger partial charge in [0.2, 0.25) is 0 Å². The van der Waals surface area contributed by atoms with Gasteiger partial charge in [-0.2, -0.15) is 0 Å². The Morgan fingerprint density at radius 1 is 1.47 bits per heavy atom. The Balaban J connectivity index is 2.35. The normalized spacial score (nSPS) is 13.0. The third kappa shape index (κ3) is 4.61. The van der Waals surface area contributed by atoms with Gasteiger partial charge in [-0.25, -0.2) is 0 Å². The van der Waals surface area contributed by atoms with Gasteiger partial charge in [-0.15, -0.1) is 11.3 Å². The standard InChI is InChI=1S/C10H17BrN2OS/c11-10-4-3-9(15-10)8(7-12)13-5-1-2-6-14/h3-4,8,13-14H,1-2,5-7,12H2. The van der Waals surface area contributed by atoms with E-state index in [0.717, 1.165) is 23.2 Å². The average Bonchev–Trinajstić information content (AvgIpc) is 2.65.